The van der Waals surface area contributed by atoms with Crippen LogP contribution in [0, 0.1) is 0 Å². The first-order chi connectivity index (χ1) is 18.0. The second kappa shape index (κ2) is 11.8. The molecule has 0 unspecified atom stereocenters. The van der Waals surface area contributed by atoms with Crippen LogP contribution in [0.4, 0.5) is 10.7 Å². The van der Waals surface area contributed by atoms with Crippen molar-refractivity contribution in [3.63, 3.8) is 0 Å². The average Bonchev–Trinajstić information content (AvgIpc) is 3.59. The Morgan fingerprint density at radius 2 is 1.62 bits per heavy atom. The zero-order valence-electron chi connectivity index (χ0n) is 19.7. The van der Waals surface area contributed by atoms with E-state index in [1.165, 1.54) is 24.5 Å². The van der Waals surface area contributed by atoms with E-state index in [-0.39, 0.29) is 34.2 Å². The lowest BCUT2D eigenvalue weighted by Gasteiger charge is -2.11. The molecule has 4 rings (SSSR count). The minimum atomic E-state index is -0.813. The lowest BCUT2D eigenvalue weighted by atomic mass is 10.0. The summed E-state index contributed by atoms with van der Waals surface area (Å²) in [5, 5.41) is 7.25. The van der Waals surface area contributed by atoms with Crippen molar-refractivity contribution in [1.29, 1.82) is 0 Å². The Bertz CT molecular complexity index is 1410. The molecular formula is C27H22N2O7S. The molecule has 0 radical (unpaired) electrons. The quantitative estimate of drug-likeness (QED) is 0.291. The second-order valence-electron chi connectivity index (χ2n) is 7.54. The Morgan fingerprint density at radius 1 is 0.865 bits per heavy atom. The molecule has 0 aliphatic heterocycles. The minimum Gasteiger partial charge on any atom is -0.462 e. The summed E-state index contributed by atoms with van der Waals surface area (Å²) in [6.07, 6.45) is 1.36. The molecule has 0 saturated heterocycles. The maximum absolute atomic E-state index is 12.7. The summed E-state index contributed by atoms with van der Waals surface area (Å²) >= 11 is 1.16. The standard InChI is InChI=1S/C27H22N2O7S/c1-2-34-27(33)23-19(17-9-4-3-5-10-17)16-37-25(23)29-22(30)15-36-26(32)18-11-6-7-12-20(18)28-24(31)21-13-8-14-35-21/h3-14,16H,2,15H2,1H3,(H,28,31)(H,29,30). The summed E-state index contributed by atoms with van der Waals surface area (Å²) < 4.78 is 15.4. The van der Waals surface area contributed by atoms with Crippen LogP contribution >= 0.6 is 11.3 Å². The highest BCUT2D eigenvalue weighted by atomic mass is 32.1. The van der Waals surface area contributed by atoms with Crippen molar-refractivity contribution in [2.75, 3.05) is 23.8 Å². The first-order valence-electron chi connectivity index (χ1n) is 11.2. The van der Waals surface area contributed by atoms with Crippen LogP contribution in [0.1, 0.15) is 38.2 Å². The van der Waals surface area contributed by atoms with E-state index in [0.29, 0.717) is 5.56 Å². The van der Waals surface area contributed by atoms with Gasteiger partial charge in [0.2, 0.25) is 0 Å². The molecule has 0 aliphatic carbocycles. The van der Waals surface area contributed by atoms with Crippen molar-refractivity contribution in [2.45, 2.75) is 6.92 Å². The van der Waals surface area contributed by atoms with E-state index in [1.54, 1.807) is 30.5 Å². The third-order valence-electron chi connectivity index (χ3n) is 5.08. The summed E-state index contributed by atoms with van der Waals surface area (Å²) in [5.41, 5.74) is 1.90. The number of hydrogen-bond donors (Lipinski definition) is 2. The maximum atomic E-state index is 12.7. The molecule has 10 heteroatoms. The fourth-order valence-electron chi connectivity index (χ4n) is 3.42. The summed E-state index contributed by atoms with van der Waals surface area (Å²) in [7, 11) is 0. The van der Waals surface area contributed by atoms with E-state index in [4.69, 9.17) is 13.9 Å². The van der Waals surface area contributed by atoms with E-state index in [0.717, 1.165) is 16.9 Å². The summed E-state index contributed by atoms with van der Waals surface area (Å²) in [6, 6.07) is 18.5. The lowest BCUT2D eigenvalue weighted by molar-refractivity contribution is -0.119. The Hall–Kier alpha value is -4.70. The van der Waals surface area contributed by atoms with E-state index >= 15 is 0 Å². The number of amides is 2. The number of thiophene rings is 1. The third kappa shape index (κ3) is 6.11. The molecule has 0 fully saturated rings. The Labute approximate surface area is 216 Å². The number of furan rings is 1. The number of hydrogen-bond acceptors (Lipinski definition) is 8. The number of carbonyl (C=O) groups excluding carboxylic acids is 4. The van der Waals surface area contributed by atoms with Gasteiger partial charge >= 0.3 is 11.9 Å². The molecule has 2 N–H and O–H groups in total. The predicted octanol–water partition coefficient (Wildman–Crippen LogP) is 5.23. The summed E-state index contributed by atoms with van der Waals surface area (Å²) in [6.45, 7) is 1.25. The van der Waals surface area contributed by atoms with Gasteiger partial charge in [0, 0.05) is 10.9 Å². The predicted molar refractivity (Wildman–Crippen MR) is 138 cm³/mol. The number of benzene rings is 2. The van der Waals surface area contributed by atoms with Gasteiger partial charge in [-0.2, -0.15) is 0 Å². The number of para-hydroxylation sites is 1. The van der Waals surface area contributed by atoms with Gasteiger partial charge in [-0.3, -0.25) is 9.59 Å². The fraction of sp³-hybridized carbons (Fsp3) is 0.111. The highest BCUT2D eigenvalue weighted by Gasteiger charge is 2.23. The van der Waals surface area contributed by atoms with Crippen LogP contribution in [0.3, 0.4) is 0 Å². The van der Waals surface area contributed by atoms with Gasteiger partial charge in [0.05, 0.1) is 24.1 Å². The zero-order valence-corrected chi connectivity index (χ0v) is 20.5. The van der Waals surface area contributed by atoms with E-state index in [1.807, 2.05) is 30.3 Å². The van der Waals surface area contributed by atoms with Gasteiger partial charge in [-0.15, -0.1) is 11.3 Å². The van der Waals surface area contributed by atoms with Crippen LogP contribution in [0.25, 0.3) is 11.1 Å². The van der Waals surface area contributed by atoms with Crippen molar-refractivity contribution in [3.8, 4) is 11.1 Å². The van der Waals surface area contributed by atoms with E-state index in [9.17, 15) is 19.2 Å². The molecule has 0 saturated carbocycles. The van der Waals surface area contributed by atoms with Crippen molar-refractivity contribution >= 4 is 45.8 Å². The molecule has 0 atom stereocenters. The van der Waals surface area contributed by atoms with Crippen molar-refractivity contribution in [3.05, 3.63) is 95.3 Å². The number of esters is 2. The first-order valence-corrected chi connectivity index (χ1v) is 12.1. The molecule has 2 aromatic carbocycles. The van der Waals surface area contributed by atoms with Gasteiger partial charge in [-0.25, -0.2) is 9.59 Å². The second-order valence-corrected chi connectivity index (χ2v) is 8.42. The summed E-state index contributed by atoms with van der Waals surface area (Å²) in [4.78, 5) is 50.3. The van der Waals surface area contributed by atoms with Gasteiger partial charge in [-0.1, -0.05) is 42.5 Å². The third-order valence-corrected chi connectivity index (χ3v) is 5.98. The lowest BCUT2D eigenvalue weighted by Crippen LogP contribution is -2.22. The van der Waals surface area contributed by atoms with Crippen molar-refractivity contribution < 1.29 is 33.1 Å². The van der Waals surface area contributed by atoms with Gasteiger partial charge in [0.1, 0.15) is 10.6 Å². The number of nitrogens with one attached hydrogen (secondary N) is 2. The maximum Gasteiger partial charge on any atom is 0.341 e. The molecule has 0 bridgehead atoms. The van der Waals surface area contributed by atoms with Crippen LogP contribution < -0.4 is 10.6 Å². The smallest absolute Gasteiger partial charge is 0.341 e. The molecule has 4 aromatic rings. The van der Waals surface area contributed by atoms with Crippen LogP contribution in [0.15, 0.2) is 82.8 Å². The van der Waals surface area contributed by atoms with Crippen LogP contribution in [-0.4, -0.2) is 37.0 Å². The number of ether oxygens (including phenoxy) is 2. The largest absolute Gasteiger partial charge is 0.462 e. The Balaban J connectivity index is 1.44. The number of carbonyl (C=O) groups is 4. The average molecular weight is 519 g/mol. The van der Waals surface area contributed by atoms with Gasteiger partial charge in [0.25, 0.3) is 11.8 Å². The van der Waals surface area contributed by atoms with Gasteiger partial charge in [-0.05, 0) is 36.8 Å². The molecule has 188 valence electrons. The fourth-order valence-corrected chi connectivity index (χ4v) is 4.39. The topological polar surface area (TPSA) is 124 Å². The normalized spacial score (nSPS) is 10.4. The number of anilines is 2. The molecule has 37 heavy (non-hydrogen) atoms. The highest BCUT2D eigenvalue weighted by molar-refractivity contribution is 7.15. The van der Waals surface area contributed by atoms with Gasteiger partial charge in [0.15, 0.2) is 12.4 Å². The summed E-state index contributed by atoms with van der Waals surface area (Å²) in [5.74, 6) is -2.49. The Morgan fingerprint density at radius 3 is 2.35 bits per heavy atom. The molecule has 0 spiro atoms. The SMILES string of the molecule is CCOC(=O)c1c(-c2ccccc2)csc1NC(=O)COC(=O)c1ccccc1NC(=O)c1ccco1. The van der Waals surface area contributed by atoms with E-state index in [2.05, 4.69) is 10.6 Å². The molecule has 2 heterocycles. The molecule has 9 nitrogen and oxygen atoms in total. The van der Waals surface area contributed by atoms with Crippen LogP contribution in [0.5, 0.6) is 0 Å². The monoisotopic (exact) mass is 518 g/mol. The first kappa shape index (κ1) is 25.4. The molecule has 2 amide bonds. The van der Waals surface area contributed by atoms with Crippen molar-refractivity contribution in [2.24, 2.45) is 0 Å². The van der Waals surface area contributed by atoms with E-state index < -0.39 is 30.4 Å². The van der Waals surface area contributed by atoms with Crippen LogP contribution in [-0.2, 0) is 14.3 Å². The van der Waals surface area contributed by atoms with Crippen LogP contribution in [0.2, 0.25) is 0 Å². The minimum absolute atomic E-state index is 0.0601. The zero-order chi connectivity index (χ0) is 26.2. The molecular weight excluding hydrogens is 496 g/mol. The highest BCUT2D eigenvalue weighted by Crippen LogP contribution is 2.36. The molecule has 0 aliphatic rings. The van der Waals surface area contributed by atoms with Gasteiger partial charge < -0.3 is 24.5 Å². The molecule has 2 aromatic heterocycles. The number of rotatable bonds is 9. The Kier molecular flexibility index (Phi) is 8.11. The van der Waals surface area contributed by atoms with Crippen molar-refractivity contribution in [1.82, 2.24) is 0 Å².